The van der Waals surface area contributed by atoms with Gasteiger partial charge in [0.15, 0.2) is 0 Å². The van der Waals surface area contributed by atoms with Gasteiger partial charge in [0.25, 0.3) is 0 Å². The molecule has 4 N–H and O–H groups in total. The van der Waals surface area contributed by atoms with E-state index in [-0.39, 0.29) is 0 Å². The molecule has 0 fully saturated rings. The van der Waals surface area contributed by atoms with E-state index in [2.05, 4.69) is 81.7 Å². The van der Waals surface area contributed by atoms with Crippen LogP contribution >= 0.6 is 0 Å². The number of hydrogen-bond donors (Lipinski definition) is 4. The highest BCUT2D eigenvalue weighted by molar-refractivity contribution is 5.79. The summed E-state index contributed by atoms with van der Waals surface area (Å²) in [5.41, 5.74) is 1.08. The zero-order valence-electron chi connectivity index (χ0n) is 21.0. The number of hydrogen-bond acceptors (Lipinski definition) is 4. The van der Waals surface area contributed by atoms with Gasteiger partial charge >= 0.3 is 23.9 Å². The Labute approximate surface area is 193 Å². The first-order valence-corrected chi connectivity index (χ1v) is 9.62. The monoisotopic (exact) mass is 460 g/mol. The van der Waals surface area contributed by atoms with Crippen molar-refractivity contribution in [2.75, 3.05) is 0 Å². The summed E-state index contributed by atoms with van der Waals surface area (Å²) in [7, 11) is 0. The predicted molar refractivity (Wildman–Crippen MR) is 131 cm³/mol. The fourth-order valence-corrected chi connectivity index (χ4v) is 0. The lowest BCUT2D eigenvalue weighted by molar-refractivity contribution is -0.132. The van der Waals surface area contributed by atoms with E-state index in [1.165, 1.54) is 12.8 Å². The minimum absolute atomic E-state index is 0.542. The maximum Gasteiger partial charge on any atom is 0.327 e. The number of carboxylic acids is 4. The van der Waals surface area contributed by atoms with Crippen LogP contribution in [0.2, 0.25) is 0 Å². The van der Waals surface area contributed by atoms with Gasteiger partial charge in [-0.25, -0.2) is 19.2 Å². The number of aliphatic carboxylic acids is 4. The van der Waals surface area contributed by atoms with Gasteiger partial charge in [0, 0.05) is 24.3 Å². The van der Waals surface area contributed by atoms with Crippen molar-refractivity contribution < 1.29 is 39.6 Å². The molecule has 0 aliphatic rings. The molecule has 0 aliphatic carbocycles. The van der Waals surface area contributed by atoms with Gasteiger partial charge in [-0.1, -0.05) is 94.5 Å². The van der Waals surface area contributed by atoms with Crippen LogP contribution < -0.4 is 0 Å². The normalized spacial score (nSPS) is 8.50. The third kappa shape index (κ3) is 153. The molecule has 8 heteroatoms. The van der Waals surface area contributed by atoms with Crippen molar-refractivity contribution in [1.82, 2.24) is 0 Å². The maximum absolute atomic E-state index is 9.25. The summed E-state index contributed by atoms with van der Waals surface area (Å²) in [5.74, 6) is -3.93. The molecule has 0 saturated carbocycles. The smallest absolute Gasteiger partial charge is 0.327 e. The molecule has 188 valence electrons. The van der Waals surface area contributed by atoms with Crippen LogP contribution in [0.15, 0.2) is 50.6 Å². The highest BCUT2D eigenvalue weighted by atomic mass is 16.4. The standard InChI is InChI=1S/2C6H14.4C3H4O2/c2*1-5-6(2,3)4;4*1-2-3(4)5/h2*5H2,1-4H3;4*2H,1H2,(H,4,5). The second-order valence-corrected chi connectivity index (χ2v) is 8.00. The Morgan fingerprint density at radius 3 is 0.594 bits per heavy atom. The number of carbonyl (C=O) groups is 4. The summed E-state index contributed by atoms with van der Waals surface area (Å²) >= 11 is 0. The van der Waals surface area contributed by atoms with Crippen LogP contribution in [0.3, 0.4) is 0 Å². The van der Waals surface area contributed by atoms with Crippen molar-refractivity contribution in [1.29, 1.82) is 0 Å². The fraction of sp³-hybridized carbons (Fsp3) is 0.500. The number of rotatable bonds is 4. The third-order valence-electron chi connectivity index (χ3n) is 2.82. The van der Waals surface area contributed by atoms with Crippen molar-refractivity contribution >= 4 is 23.9 Å². The summed E-state index contributed by atoms with van der Waals surface area (Å²) in [4.78, 5) is 37.0. The van der Waals surface area contributed by atoms with E-state index < -0.39 is 23.9 Å². The molecule has 8 nitrogen and oxygen atoms in total. The Balaban J connectivity index is -0.0000000635. The average molecular weight is 461 g/mol. The largest absolute Gasteiger partial charge is 0.478 e. The Morgan fingerprint density at radius 2 is 0.594 bits per heavy atom. The van der Waals surface area contributed by atoms with E-state index in [1.54, 1.807) is 0 Å². The lowest BCUT2D eigenvalue weighted by Crippen LogP contribution is -2.00. The van der Waals surface area contributed by atoms with E-state index in [0.29, 0.717) is 10.8 Å². The van der Waals surface area contributed by atoms with E-state index >= 15 is 0 Å². The van der Waals surface area contributed by atoms with Crippen LogP contribution in [0.5, 0.6) is 0 Å². The second-order valence-electron chi connectivity index (χ2n) is 8.00. The average Bonchev–Trinajstić information content (AvgIpc) is 2.68. The van der Waals surface area contributed by atoms with Crippen LogP contribution in [-0.4, -0.2) is 44.3 Å². The van der Waals surface area contributed by atoms with E-state index in [4.69, 9.17) is 20.4 Å². The van der Waals surface area contributed by atoms with Gasteiger partial charge < -0.3 is 20.4 Å². The van der Waals surface area contributed by atoms with E-state index in [0.717, 1.165) is 24.3 Å². The Bertz CT molecular complexity index is 461. The van der Waals surface area contributed by atoms with Crippen molar-refractivity contribution in [3.8, 4) is 0 Å². The molecule has 0 spiro atoms. The van der Waals surface area contributed by atoms with Gasteiger partial charge in [0.05, 0.1) is 0 Å². The summed E-state index contributed by atoms with van der Waals surface area (Å²) in [6, 6.07) is 0. The lowest BCUT2D eigenvalue weighted by atomic mass is 9.94. The SMILES string of the molecule is C=CC(=O)O.C=CC(=O)O.C=CC(=O)O.C=CC(=O)O.CCC(C)(C)C.CCC(C)(C)C. The van der Waals surface area contributed by atoms with E-state index in [1.807, 2.05) is 0 Å². The summed E-state index contributed by atoms with van der Waals surface area (Å²) < 4.78 is 0. The van der Waals surface area contributed by atoms with Gasteiger partial charge in [-0.3, -0.25) is 0 Å². The molecule has 32 heavy (non-hydrogen) atoms. The summed E-state index contributed by atoms with van der Waals surface area (Å²) in [6.45, 7) is 29.7. The molecule has 0 rings (SSSR count). The van der Waals surface area contributed by atoms with Crippen LogP contribution in [0.4, 0.5) is 0 Å². The van der Waals surface area contributed by atoms with Crippen LogP contribution in [0.25, 0.3) is 0 Å². The zero-order valence-corrected chi connectivity index (χ0v) is 21.0. The molecule has 0 aromatic carbocycles. The quantitative estimate of drug-likeness (QED) is 0.378. The molecule has 0 atom stereocenters. The minimum atomic E-state index is -0.981. The van der Waals surface area contributed by atoms with Crippen LogP contribution in [0.1, 0.15) is 68.2 Å². The van der Waals surface area contributed by atoms with Crippen LogP contribution in [-0.2, 0) is 19.2 Å². The summed E-state index contributed by atoms with van der Waals surface area (Å²) in [5, 5.41) is 30.4. The molecule has 0 amide bonds. The molecule has 0 saturated heterocycles. The molecule has 0 aromatic heterocycles. The van der Waals surface area contributed by atoms with Crippen LogP contribution in [0, 0.1) is 10.8 Å². The predicted octanol–water partition coefficient (Wildman–Crippen LogP) is 5.91. The van der Waals surface area contributed by atoms with E-state index in [9.17, 15) is 19.2 Å². The Kier molecular flexibility index (Phi) is 37.3. The van der Waals surface area contributed by atoms with Crippen molar-refractivity contribution in [2.24, 2.45) is 10.8 Å². The zero-order chi connectivity index (χ0) is 27.6. The number of carboxylic acid groups (broad SMARTS) is 4. The van der Waals surface area contributed by atoms with Gasteiger partial charge in [0.1, 0.15) is 0 Å². The lowest BCUT2D eigenvalue weighted by Gasteiger charge is -2.12. The molecule has 0 unspecified atom stereocenters. The first-order valence-electron chi connectivity index (χ1n) is 9.62. The highest BCUT2D eigenvalue weighted by Gasteiger charge is 2.03. The Morgan fingerprint density at radius 1 is 0.531 bits per heavy atom. The van der Waals surface area contributed by atoms with Gasteiger partial charge in [0.2, 0.25) is 0 Å². The fourth-order valence-electron chi connectivity index (χ4n) is 0. The molecule has 0 aliphatic heterocycles. The first kappa shape index (κ1) is 42.8. The summed E-state index contributed by atoms with van der Waals surface area (Å²) in [6.07, 6.45) is 5.87. The molecule has 0 heterocycles. The van der Waals surface area contributed by atoms with Crippen molar-refractivity contribution in [3.05, 3.63) is 50.6 Å². The van der Waals surface area contributed by atoms with Gasteiger partial charge in [-0.2, -0.15) is 0 Å². The molecule has 0 bridgehead atoms. The third-order valence-corrected chi connectivity index (χ3v) is 2.82. The van der Waals surface area contributed by atoms with Crippen molar-refractivity contribution in [3.63, 3.8) is 0 Å². The topological polar surface area (TPSA) is 149 Å². The Hall–Kier alpha value is -3.16. The molecular formula is C24H44O8. The molecule has 0 radical (unpaired) electrons. The van der Waals surface area contributed by atoms with Gasteiger partial charge in [-0.15, -0.1) is 0 Å². The minimum Gasteiger partial charge on any atom is -0.478 e. The maximum atomic E-state index is 9.25. The first-order chi connectivity index (χ1) is 14.2. The molecular weight excluding hydrogens is 416 g/mol. The van der Waals surface area contributed by atoms with Crippen molar-refractivity contribution in [2.45, 2.75) is 68.2 Å². The van der Waals surface area contributed by atoms with Gasteiger partial charge in [-0.05, 0) is 10.8 Å². The second kappa shape index (κ2) is 27.8. The molecule has 0 aromatic rings. The highest BCUT2D eigenvalue weighted by Crippen LogP contribution is 2.16.